The van der Waals surface area contributed by atoms with E-state index in [0.717, 1.165) is 59.5 Å². The Kier molecular flexibility index (Phi) is 10.5. The number of hydrogen-bond acceptors (Lipinski definition) is 11. The van der Waals surface area contributed by atoms with Crippen molar-refractivity contribution in [2.75, 3.05) is 59.5 Å². The van der Waals surface area contributed by atoms with Gasteiger partial charge in [0.05, 0.1) is 27.4 Å². The molecule has 0 spiro atoms. The minimum atomic E-state index is -2.24. The molecule has 2 aromatic carbocycles. The number of H-pyrrole nitrogens is 1. The predicted octanol–water partition coefficient (Wildman–Crippen LogP) is 5.29. The molecule has 2 N–H and O–H groups in total. The van der Waals surface area contributed by atoms with Crippen LogP contribution in [0.2, 0.25) is 0 Å². The lowest BCUT2D eigenvalue weighted by Gasteiger charge is -2.61. The van der Waals surface area contributed by atoms with E-state index >= 15 is 0 Å². The highest BCUT2D eigenvalue weighted by Gasteiger charge is 2.69. The van der Waals surface area contributed by atoms with E-state index in [4.69, 9.17) is 18.9 Å². The Morgan fingerprint density at radius 1 is 1.02 bits per heavy atom. The van der Waals surface area contributed by atoms with Gasteiger partial charge < -0.3 is 33.9 Å². The van der Waals surface area contributed by atoms with Crippen LogP contribution in [0.1, 0.15) is 68.8 Å². The van der Waals surface area contributed by atoms with Crippen molar-refractivity contribution in [3.05, 3.63) is 83.1 Å². The van der Waals surface area contributed by atoms with Gasteiger partial charge in [-0.3, -0.25) is 19.4 Å². The van der Waals surface area contributed by atoms with Crippen molar-refractivity contribution >= 4 is 34.5 Å². The summed E-state index contributed by atoms with van der Waals surface area (Å²) in [6, 6.07) is 11.3. The molecular formula is C46H58N4O8. The summed E-state index contributed by atoms with van der Waals surface area (Å²) in [5.41, 5.74) is 0.845. The number of carbonyl (C=O) groups is 3. The molecule has 8 rings (SSSR count). The van der Waals surface area contributed by atoms with Gasteiger partial charge >= 0.3 is 17.9 Å². The molecular weight excluding hydrogens is 737 g/mol. The summed E-state index contributed by atoms with van der Waals surface area (Å²) in [4.78, 5) is 52.6. The molecule has 1 fully saturated rings. The second kappa shape index (κ2) is 15.2. The van der Waals surface area contributed by atoms with Gasteiger partial charge in [0.1, 0.15) is 11.2 Å². The quantitative estimate of drug-likeness (QED) is 0.192. The van der Waals surface area contributed by atoms with Gasteiger partial charge in [-0.1, -0.05) is 56.4 Å². The van der Waals surface area contributed by atoms with Crippen LogP contribution in [-0.4, -0.2) is 116 Å². The van der Waals surface area contributed by atoms with Gasteiger partial charge in [-0.05, 0) is 73.7 Å². The third-order valence-corrected chi connectivity index (χ3v) is 14.2. The second-order valence-electron chi connectivity index (χ2n) is 17.3. The standard InChI is InChI=1S/C46H58N4O8/c1-8-44-18-12-20-50-19-11-13-31-21-34(37(55-5)22-36(31)48(4)39(23-38(44)50)46(54,43(53)57-7)41(44)58-29(3)51)45(42(52)56-6)24-30-17-16-28(2)25-49(26-30)27-33-32-14-9-10-15-35(32)47-40(33)45/h9-10,12,14-18,21-22,28,30,38-39,41,47,54H,8,11,13,19-20,23-27H2,1-7H3/t28?,30?,38-,39-,41-,44-,45+,46+/m1/s1. The van der Waals surface area contributed by atoms with Gasteiger partial charge in [0.15, 0.2) is 6.10 Å². The van der Waals surface area contributed by atoms with Crippen LogP contribution in [0.4, 0.5) is 5.69 Å². The maximum Gasteiger partial charge on any atom is 0.344 e. The van der Waals surface area contributed by atoms with Crippen LogP contribution in [-0.2, 0) is 47.0 Å². The average molecular weight is 795 g/mol. The molecule has 58 heavy (non-hydrogen) atoms. The summed E-state index contributed by atoms with van der Waals surface area (Å²) >= 11 is 0. The highest BCUT2D eigenvalue weighted by molar-refractivity contribution is 5.94. The monoisotopic (exact) mass is 794 g/mol. The lowest BCUT2D eigenvalue weighted by molar-refractivity contribution is -0.222. The third kappa shape index (κ3) is 6.08. The van der Waals surface area contributed by atoms with Crippen LogP contribution in [0.15, 0.2) is 60.7 Å². The van der Waals surface area contributed by atoms with E-state index in [1.165, 1.54) is 21.1 Å². The van der Waals surface area contributed by atoms with Crippen molar-refractivity contribution in [1.82, 2.24) is 14.8 Å². The van der Waals surface area contributed by atoms with Gasteiger partial charge in [0.2, 0.25) is 5.60 Å². The van der Waals surface area contributed by atoms with Crippen molar-refractivity contribution in [3.8, 4) is 5.75 Å². The number of aromatic amines is 1. The fraction of sp³-hybridized carbons (Fsp3) is 0.543. The number of aryl methyl sites for hydroxylation is 1. The first-order valence-corrected chi connectivity index (χ1v) is 20.8. The zero-order chi connectivity index (χ0) is 41.1. The van der Waals surface area contributed by atoms with E-state index in [-0.39, 0.29) is 17.9 Å². The Morgan fingerprint density at radius 2 is 1.79 bits per heavy atom. The van der Waals surface area contributed by atoms with Gasteiger partial charge in [0.25, 0.3) is 0 Å². The fourth-order valence-electron chi connectivity index (χ4n) is 11.6. The molecule has 9 atom stereocenters. The van der Waals surface area contributed by atoms with E-state index in [1.807, 2.05) is 43.1 Å². The molecule has 5 aliphatic rings. The van der Waals surface area contributed by atoms with Crippen LogP contribution < -0.4 is 9.64 Å². The number of esters is 3. The first-order chi connectivity index (χ1) is 27.9. The second-order valence-corrected chi connectivity index (χ2v) is 17.3. The summed E-state index contributed by atoms with van der Waals surface area (Å²) in [6.45, 7) is 9.34. The molecule has 3 aromatic rings. The molecule has 1 saturated carbocycles. The number of ether oxygens (including phenoxy) is 4. The van der Waals surface area contributed by atoms with Crippen molar-refractivity contribution < 1.29 is 38.4 Å². The lowest BCUT2D eigenvalue weighted by atomic mass is 9.57. The van der Waals surface area contributed by atoms with Crippen LogP contribution in [0.3, 0.4) is 0 Å². The van der Waals surface area contributed by atoms with Crippen molar-refractivity contribution in [1.29, 1.82) is 0 Å². The number of rotatable bonds is 6. The zero-order valence-corrected chi connectivity index (χ0v) is 34.9. The maximum absolute atomic E-state index is 15.0. The van der Waals surface area contributed by atoms with Crippen molar-refractivity contribution in [2.24, 2.45) is 17.3 Å². The summed E-state index contributed by atoms with van der Waals surface area (Å²) in [5, 5.41) is 14.1. The molecule has 12 heteroatoms. The molecule has 4 aliphatic heterocycles. The summed E-state index contributed by atoms with van der Waals surface area (Å²) < 4.78 is 23.7. The highest BCUT2D eigenvalue weighted by atomic mass is 16.6. The Hall–Kier alpha value is -4.65. The Labute approximate surface area is 341 Å². The van der Waals surface area contributed by atoms with Crippen LogP contribution in [0.25, 0.3) is 10.9 Å². The largest absolute Gasteiger partial charge is 0.496 e. The molecule has 0 saturated heterocycles. The number of hydrogen-bond donors (Lipinski definition) is 2. The molecule has 1 aromatic heterocycles. The fourth-order valence-corrected chi connectivity index (χ4v) is 11.6. The average Bonchev–Trinajstić information content (AvgIpc) is 3.47. The highest BCUT2D eigenvalue weighted by Crippen LogP contribution is 2.55. The van der Waals surface area contributed by atoms with Crippen LogP contribution >= 0.6 is 0 Å². The normalized spacial score (nSPS) is 33.1. The third-order valence-electron chi connectivity index (χ3n) is 14.2. The number of likely N-dealkylation sites (N-methyl/N-ethyl adjacent to an activating group) is 1. The van der Waals surface area contributed by atoms with Gasteiger partial charge in [-0.25, -0.2) is 4.79 Å². The maximum atomic E-state index is 15.0. The van der Waals surface area contributed by atoms with E-state index in [0.29, 0.717) is 56.0 Å². The number of nitrogens with zero attached hydrogens (tertiary/aromatic N) is 3. The first kappa shape index (κ1) is 40.1. The number of anilines is 1. The summed E-state index contributed by atoms with van der Waals surface area (Å²) in [7, 11) is 6.20. The minimum Gasteiger partial charge on any atom is -0.496 e. The first-order valence-electron chi connectivity index (χ1n) is 20.8. The molecule has 310 valence electrons. The predicted molar refractivity (Wildman–Crippen MR) is 221 cm³/mol. The molecule has 12 nitrogen and oxygen atoms in total. The van der Waals surface area contributed by atoms with Gasteiger partial charge in [-0.15, -0.1) is 0 Å². The zero-order valence-electron chi connectivity index (χ0n) is 34.9. The SMILES string of the molecule is CC[C@@]12C=CCN3CCCc4cc([C@@]5(C(=O)OC)CC6C=CC(C)C[N@](Cc7c5[nH]c5ccccc75)C6)c(OC)cc4N(C)[C@H](C[C@@H]31)[C@@](O)(C(=O)OC)[C@@H]2OC(C)=O. The molecule has 0 amide bonds. The van der Waals surface area contributed by atoms with Crippen molar-refractivity contribution in [3.63, 3.8) is 0 Å². The number of aromatic nitrogens is 1. The summed E-state index contributed by atoms with van der Waals surface area (Å²) in [6.07, 6.45) is 10.2. The van der Waals surface area contributed by atoms with E-state index < -0.39 is 40.5 Å². The van der Waals surface area contributed by atoms with Crippen LogP contribution in [0.5, 0.6) is 5.75 Å². The number of benzene rings is 2. The van der Waals surface area contributed by atoms with Crippen LogP contribution in [0, 0.1) is 17.3 Å². The molecule has 1 aliphatic carbocycles. The molecule has 5 heterocycles. The number of methoxy groups -OCH3 is 3. The lowest BCUT2D eigenvalue weighted by Crippen LogP contribution is -2.76. The Bertz CT molecular complexity index is 2160. The van der Waals surface area contributed by atoms with Crippen molar-refractivity contribution in [2.45, 2.75) is 88.6 Å². The van der Waals surface area contributed by atoms with Gasteiger partial charge in [-0.2, -0.15) is 0 Å². The van der Waals surface area contributed by atoms with E-state index in [1.54, 1.807) is 7.11 Å². The summed E-state index contributed by atoms with van der Waals surface area (Å²) in [5.74, 6) is -0.957. The smallest absolute Gasteiger partial charge is 0.344 e. The molecule has 2 unspecified atom stereocenters. The number of carbonyl (C=O) groups excluding carboxylic acids is 3. The minimum absolute atomic E-state index is 0.0307. The number of nitrogens with one attached hydrogen (secondary N) is 1. The van der Waals surface area contributed by atoms with Gasteiger partial charge in [0, 0.05) is 85.5 Å². The van der Waals surface area contributed by atoms with E-state index in [2.05, 4.69) is 58.1 Å². The number of para-hydroxylation sites is 1. The topological polar surface area (TPSA) is 134 Å². The Balaban J connectivity index is 1.37. The Morgan fingerprint density at radius 3 is 2.52 bits per heavy atom. The number of fused-ring (bicyclic) bond motifs is 7. The number of aliphatic hydroxyl groups is 1. The molecule has 4 bridgehead atoms. The van der Waals surface area contributed by atoms with E-state index in [9.17, 15) is 19.5 Å². The molecule has 0 radical (unpaired) electrons.